The third-order valence-corrected chi connectivity index (χ3v) is 4.20. The molecule has 0 saturated carbocycles. The fourth-order valence-electron chi connectivity index (χ4n) is 2.73. The number of hydrogen-bond donors (Lipinski definition) is 0. The minimum atomic E-state index is -0.817. The summed E-state index contributed by atoms with van der Waals surface area (Å²) in [5.41, 5.74) is 0.856. The first kappa shape index (κ1) is 21.5. The molecule has 0 N–H and O–H groups in total. The van der Waals surface area contributed by atoms with Crippen LogP contribution in [0.1, 0.15) is 15.9 Å². The van der Waals surface area contributed by atoms with Gasteiger partial charge in [-0.2, -0.15) is 0 Å². The van der Waals surface area contributed by atoms with E-state index in [4.69, 9.17) is 14.2 Å². The lowest BCUT2D eigenvalue weighted by Crippen LogP contribution is -2.20. The van der Waals surface area contributed by atoms with Crippen molar-refractivity contribution in [1.29, 1.82) is 0 Å². The molecule has 0 atom stereocenters. The zero-order valence-electron chi connectivity index (χ0n) is 16.4. The number of esters is 2. The number of ether oxygens (including phenoxy) is 3. The topological polar surface area (TPSA) is 105 Å². The standard InChI is InChI=1S/C23H19NO7/c25-22(16-30-21-13-7-5-11-19(21)24(27)28)31-20-12-6-4-10-18(20)23(26)29-15-14-17-8-2-1-3-9-17/h1-13H,14-16H2. The van der Waals surface area contributed by atoms with Crippen LogP contribution in [0.25, 0.3) is 0 Å². The summed E-state index contributed by atoms with van der Waals surface area (Å²) in [7, 11) is 0. The molecule has 3 rings (SSSR count). The molecule has 0 spiro atoms. The third-order valence-electron chi connectivity index (χ3n) is 4.20. The molecule has 8 nitrogen and oxygen atoms in total. The first-order valence-corrected chi connectivity index (χ1v) is 9.41. The number of hydrogen-bond acceptors (Lipinski definition) is 7. The van der Waals surface area contributed by atoms with Crippen molar-refractivity contribution in [2.45, 2.75) is 6.42 Å². The summed E-state index contributed by atoms with van der Waals surface area (Å²) in [5.74, 6) is -1.48. The summed E-state index contributed by atoms with van der Waals surface area (Å²) in [4.78, 5) is 35.0. The van der Waals surface area contributed by atoms with Gasteiger partial charge in [0.2, 0.25) is 0 Å². The first-order valence-electron chi connectivity index (χ1n) is 9.41. The molecule has 0 aliphatic rings. The van der Waals surface area contributed by atoms with E-state index in [0.717, 1.165) is 5.56 Å². The summed E-state index contributed by atoms with van der Waals surface area (Å²) < 4.78 is 15.7. The highest BCUT2D eigenvalue weighted by Crippen LogP contribution is 2.26. The summed E-state index contributed by atoms with van der Waals surface area (Å²) in [6.07, 6.45) is 0.554. The largest absolute Gasteiger partial charge is 0.475 e. The van der Waals surface area contributed by atoms with Gasteiger partial charge in [-0.05, 0) is 23.8 Å². The maximum atomic E-state index is 12.4. The zero-order valence-corrected chi connectivity index (χ0v) is 16.4. The monoisotopic (exact) mass is 421 g/mol. The van der Waals surface area contributed by atoms with E-state index in [1.54, 1.807) is 18.2 Å². The molecule has 0 aliphatic carbocycles. The lowest BCUT2D eigenvalue weighted by Gasteiger charge is -2.11. The van der Waals surface area contributed by atoms with Gasteiger partial charge in [0, 0.05) is 12.5 Å². The second kappa shape index (κ2) is 10.5. The number of carbonyl (C=O) groups excluding carboxylic acids is 2. The van der Waals surface area contributed by atoms with E-state index in [2.05, 4.69) is 0 Å². The maximum absolute atomic E-state index is 12.4. The second-order valence-corrected chi connectivity index (χ2v) is 6.36. The number of nitro benzene ring substituents is 1. The smallest absolute Gasteiger partial charge is 0.349 e. The summed E-state index contributed by atoms with van der Waals surface area (Å²) in [5, 5.41) is 11.0. The Morgan fingerprint density at radius 3 is 2.23 bits per heavy atom. The maximum Gasteiger partial charge on any atom is 0.349 e. The van der Waals surface area contributed by atoms with Crippen LogP contribution in [-0.2, 0) is 16.0 Å². The fourth-order valence-corrected chi connectivity index (χ4v) is 2.73. The number of benzene rings is 3. The van der Waals surface area contributed by atoms with Gasteiger partial charge >= 0.3 is 17.6 Å². The van der Waals surface area contributed by atoms with Crippen LogP contribution in [0.15, 0.2) is 78.9 Å². The highest BCUT2D eigenvalue weighted by molar-refractivity contribution is 5.93. The summed E-state index contributed by atoms with van der Waals surface area (Å²) in [6.45, 7) is -0.395. The Labute approximate surface area is 178 Å². The zero-order chi connectivity index (χ0) is 22.1. The first-order chi connectivity index (χ1) is 15.0. The van der Waals surface area contributed by atoms with Crippen molar-refractivity contribution < 1.29 is 28.7 Å². The van der Waals surface area contributed by atoms with Gasteiger partial charge in [-0.25, -0.2) is 9.59 Å². The van der Waals surface area contributed by atoms with Crippen LogP contribution < -0.4 is 9.47 Å². The molecule has 3 aromatic rings. The van der Waals surface area contributed by atoms with Crippen LogP contribution in [0.3, 0.4) is 0 Å². The van der Waals surface area contributed by atoms with E-state index < -0.39 is 23.5 Å². The number of carbonyl (C=O) groups is 2. The second-order valence-electron chi connectivity index (χ2n) is 6.36. The summed E-state index contributed by atoms with van der Waals surface area (Å²) >= 11 is 0. The highest BCUT2D eigenvalue weighted by atomic mass is 16.6. The van der Waals surface area contributed by atoms with Gasteiger partial charge in [0.05, 0.1) is 11.5 Å². The highest BCUT2D eigenvalue weighted by Gasteiger charge is 2.19. The van der Waals surface area contributed by atoms with E-state index in [9.17, 15) is 19.7 Å². The average Bonchev–Trinajstić information content (AvgIpc) is 2.79. The number of nitro groups is 1. The van der Waals surface area contributed by atoms with Crippen LogP contribution in [0.5, 0.6) is 11.5 Å². The van der Waals surface area contributed by atoms with E-state index >= 15 is 0 Å². The van der Waals surface area contributed by atoms with Crippen LogP contribution in [0, 0.1) is 10.1 Å². The normalized spacial score (nSPS) is 10.2. The Kier molecular flexibility index (Phi) is 7.31. The Hall–Kier alpha value is -4.20. The summed E-state index contributed by atoms with van der Waals surface area (Å²) in [6, 6.07) is 21.4. The van der Waals surface area contributed by atoms with Gasteiger partial charge in [-0.1, -0.05) is 54.6 Å². The number of para-hydroxylation sites is 3. The van der Waals surface area contributed by atoms with Gasteiger partial charge in [0.1, 0.15) is 11.3 Å². The van der Waals surface area contributed by atoms with Gasteiger partial charge in [-0.3, -0.25) is 10.1 Å². The molecule has 0 radical (unpaired) electrons. The van der Waals surface area contributed by atoms with Gasteiger partial charge in [-0.15, -0.1) is 0 Å². The van der Waals surface area contributed by atoms with E-state index in [0.29, 0.717) is 6.42 Å². The van der Waals surface area contributed by atoms with Crippen molar-refractivity contribution in [3.8, 4) is 11.5 Å². The van der Waals surface area contributed by atoms with Crippen LogP contribution in [0.4, 0.5) is 5.69 Å². The van der Waals surface area contributed by atoms with Gasteiger partial charge in [0.15, 0.2) is 12.4 Å². The van der Waals surface area contributed by atoms with E-state index in [1.165, 1.54) is 30.3 Å². The third kappa shape index (κ3) is 6.14. The SMILES string of the molecule is O=C(COc1ccccc1[N+](=O)[O-])Oc1ccccc1C(=O)OCCc1ccccc1. The molecule has 0 unspecified atom stereocenters. The van der Waals surface area contributed by atoms with Crippen molar-refractivity contribution in [3.63, 3.8) is 0 Å². The molecule has 31 heavy (non-hydrogen) atoms. The molecule has 0 fully saturated rings. The molecule has 0 aliphatic heterocycles. The molecule has 0 bridgehead atoms. The molecule has 0 amide bonds. The molecule has 0 heterocycles. The van der Waals surface area contributed by atoms with Crippen LogP contribution in [-0.4, -0.2) is 30.1 Å². The van der Waals surface area contributed by atoms with Crippen molar-refractivity contribution in [2.24, 2.45) is 0 Å². The Morgan fingerprint density at radius 1 is 0.839 bits per heavy atom. The quantitative estimate of drug-likeness (QED) is 0.223. The number of rotatable bonds is 9. The van der Waals surface area contributed by atoms with Crippen molar-refractivity contribution in [1.82, 2.24) is 0 Å². The van der Waals surface area contributed by atoms with Crippen LogP contribution >= 0.6 is 0 Å². The minimum absolute atomic E-state index is 0.0170. The predicted octanol–water partition coefficient (Wildman–Crippen LogP) is 3.98. The van der Waals surface area contributed by atoms with Crippen molar-refractivity contribution in [3.05, 3.63) is 100 Å². The Bertz CT molecular complexity index is 1070. The van der Waals surface area contributed by atoms with Gasteiger partial charge in [0.25, 0.3) is 0 Å². The lowest BCUT2D eigenvalue weighted by molar-refractivity contribution is -0.385. The van der Waals surface area contributed by atoms with Gasteiger partial charge < -0.3 is 14.2 Å². The molecular weight excluding hydrogens is 402 g/mol. The van der Waals surface area contributed by atoms with Crippen LogP contribution in [0.2, 0.25) is 0 Å². The van der Waals surface area contributed by atoms with E-state index in [-0.39, 0.29) is 29.4 Å². The Balaban J connectivity index is 1.57. The lowest BCUT2D eigenvalue weighted by atomic mass is 10.2. The minimum Gasteiger partial charge on any atom is -0.475 e. The Morgan fingerprint density at radius 2 is 1.48 bits per heavy atom. The molecular formula is C23H19NO7. The fraction of sp³-hybridized carbons (Fsp3) is 0.130. The average molecular weight is 421 g/mol. The van der Waals surface area contributed by atoms with E-state index in [1.807, 2.05) is 30.3 Å². The molecule has 3 aromatic carbocycles. The molecule has 8 heteroatoms. The molecule has 0 aromatic heterocycles. The molecule has 158 valence electrons. The number of nitrogens with zero attached hydrogens (tertiary/aromatic N) is 1. The van der Waals surface area contributed by atoms with Crippen molar-refractivity contribution >= 4 is 17.6 Å². The molecule has 0 saturated heterocycles. The predicted molar refractivity (Wildman–Crippen MR) is 111 cm³/mol. The van der Waals surface area contributed by atoms with Crippen molar-refractivity contribution in [2.75, 3.05) is 13.2 Å².